The lowest BCUT2D eigenvalue weighted by Gasteiger charge is -2.06. The van der Waals surface area contributed by atoms with Crippen molar-refractivity contribution in [2.24, 2.45) is 0 Å². The number of hydrogen-bond donors (Lipinski definition) is 2. The summed E-state index contributed by atoms with van der Waals surface area (Å²) in [7, 11) is 0. The monoisotopic (exact) mass is 232 g/mol. The van der Waals surface area contributed by atoms with Crippen molar-refractivity contribution in [2.75, 3.05) is 5.73 Å². The molecule has 5 heteroatoms. The summed E-state index contributed by atoms with van der Waals surface area (Å²) in [5.41, 5.74) is 6.39. The molecule has 0 bridgehead atoms. The topological polar surface area (TPSA) is 76.8 Å². The lowest BCUT2D eigenvalue weighted by atomic mass is 10.2. The van der Waals surface area contributed by atoms with Crippen molar-refractivity contribution in [1.82, 2.24) is 15.2 Å². The van der Waals surface area contributed by atoms with Crippen LogP contribution in [0.4, 0.5) is 5.69 Å². The molecule has 3 N–H and O–H groups in total. The molecule has 0 atom stereocenters. The zero-order valence-electron chi connectivity index (χ0n) is 9.97. The van der Waals surface area contributed by atoms with Crippen molar-refractivity contribution in [2.45, 2.75) is 26.4 Å². The largest absolute Gasteiger partial charge is 0.483 e. The van der Waals surface area contributed by atoms with Gasteiger partial charge in [0.2, 0.25) is 0 Å². The molecule has 5 nitrogen and oxygen atoms in total. The maximum atomic E-state index is 5.77. The average Bonchev–Trinajstić information content (AvgIpc) is 2.77. The van der Waals surface area contributed by atoms with E-state index in [0.29, 0.717) is 29.8 Å². The molecule has 0 fully saturated rings. The Kier molecular flexibility index (Phi) is 3.27. The quantitative estimate of drug-likeness (QED) is 0.791. The molecule has 0 aliphatic heterocycles. The van der Waals surface area contributed by atoms with Crippen molar-refractivity contribution in [3.63, 3.8) is 0 Å². The van der Waals surface area contributed by atoms with Gasteiger partial charge in [0, 0.05) is 5.92 Å². The lowest BCUT2D eigenvalue weighted by molar-refractivity contribution is 0.298. The van der Waals surface area contributed by atoms with E-state index in [-0.39, 0.29) is 0 Å². The third-order valence-electron chi connectivity index (χ3n) is 2.35. The van der Waals surface area contributed by atoms with E-state index in [9.17, 15) is 0 Å². The number of aromatic amines is 1. The Hall–Kier alpha value is -2.04. The molecule has 90 valence electrons. The van der Waals surface area contributed by atoms with Crippen LogP contribution in [0.2, 0.25) is 0 Å². The molecule has 0 aliphatic carbocycles. The molecule has 0 amide bonds. The van der Waals surface area contributed by atoms with Crippen LogP contribution in [0.15, 0.2) is 24.3 Å². The second-order valence-electron chi connectivity index (χ2n) is 4.12. The first-order valence-corrected chi connectivity index (χ1v) is 5.55. The van der Waals surface area contributed by atoms with E-state index in [1.165, 1.54) is 0 Å². The van der Waals surface area contributed by atoms with Gasteiger partial charge in [0.1, 0.15) is 12.4 Å². The Balaban J connectivity index is 2.00. The van der Waals surface area contributed by atoms with Crippen LogP contribution >= 0.6 is 0 Å². The van der Waals surface area contributed by atoms with E-state index < -0.39 is 0 Å². The van der Waals surface area contributed by atoms with E-state index in [0.717, 1.165) is 5.82 Å². The van der Waals surface area contributed by atoms with Gasteiger partial charge in [-0.2, -0.15) is 5.10 Å². The Bertz CT molecular complexity index is 493. The van der Waals surface area contributed by atoms with E-state index in [1.807, 2.05) is 32.0 Å². The van der Waals surface area contributed by atoms with Gasteiger partial charge >= 0.3 is 0 Å². The Morgan fingerprint density at radius 2 is 2.12 bits per heavy atom. The Labute approximate surface area is 100 Å². The number of benzene rings is 1. The standard InChI is InChI=1S/C12H16N4O/c1-8(2)12-14-11(15-16-12)7-17-10-6-4-3-5-9(10)13/h3-6,8H,7,13H2,1-2H3,(H,14,15,16). The molecule has 0 aliphatic rings. The number of H-pyrrole nitrogens is 1. The maximum Gasteiger partial charge on any atom is 0.162 e. The second-order valence-corrected chi connectivity index (χ2v) is 4.12. The zero-order chi connectivity index (χ0) is 12.3. The van der Waals surface area contributed by atoms with Gasteiger partial charge in [-0.05, 0) is 12.1 Å². The van der Waals surface area contributed by atoms with Gasteiger partial charge in [-0.15, -0.1) is 0 Å². The van der Waals surface area contributed by atoms with E-state index in [2.05, 4.69) is 15.2 Å². The van der Waals surface area contributed by atoms with Crippen LogP contribution in [0.3, 0.4) is 0 Å². The number of rotatable bonds is 4. The van der Waals surface area contributed by atoms with Crippen LogP contribution in [0.1, 0.15) is 31.4 Å². The summed E-state index contributed by atoms with van der Waals surface area (Å²) >= 11 is 0. The third kappa shape index (κ3) is 2.75. The van der Waals surface area contributed by atoms with E-state index in [1.54, 1.807) is 6.07 Å². The number of para-hydroxylation sites is 2. The summed E-state index contributed by atoms with van der Waals surface area (Å²) in [5.74, 6) is 2.47. The van der Waals surface area contributed by atoms with Crippen molar-refractivity contribution in [1.29, 1.82) is 0 Å². The molecule has 1 aromatic heterocycles. The van der Waals surface area contributed by atoms with Crippen molar-refractivity contribution >= 4 is 5.69 Å². The molecule has 2 aromatic rings. The molecule has 1 aromatic carbocycles. The average molecular weight is 232 g/mol. The molecule has 0 saturated carbocycles. The SMILES string of the molecule is CC(C)c1n[nH]c(COc2ccccc2N)n1. The number of nitrogens with one attached hydrogen (secondary N) is 1. The predicted molar refractivity (Wildman–Crippen MR) is 65.7 cm³/mol. The van der Waals surface area contributed by atoms with Crippen LogP contribution < -0.4 is 10.5 Å². The highest BCUT2D eigenvalue weighted by molar-refractivity contribution is 5.51. The first-order chi connectivity index (χ1) is 8.16. The Morgan fingerprint density at radius 1 is 1.35 bits per heavy atom. The molecule has 0 unspecified atom stereocenters. The zero-order valence-corrected chi connectivity index (χ0v) is 9.97. The van der Waals surface area contributed by atoms with Crippen molar-refractivity contribution < 1.29 is 4.74 Å². The van der Waals surface area contributed by atoms with E-state index in [4.69, 9.17) is 10.5 Å². The highest BCUT2D eigenvalue weighted by Crippen LogP contribution is 2.20. The van der Waals surface area contributed by atoms with Gasteiger partial charge in [0.25, 0.3) is 0 Å². The Morgan fingerprint density at radius 3 is 2.76 bits per heavy atom. The fourth-order valence-corrected chi connectivity index (χ4v) is 1.39. The number of aromatic nitrogens is 3. The maximum absolute atomic E-state index is 5.77. The molecule has 2 rings (SSSR count). The number of hydrogen-bond acceptors (Lipinski definition) is 4. The summed E-state index contributed by atoms with van der Waals surface area (Å²) in [5, 5.41) is 6.95. The first kappa shape index (κ1) is 11.4. The van der Waals surface area contributed by atoms with Crippen molar-refractivity contribution in [3.05, 3.63) is 35.9 Å². The highest BCUT2D eigenvalue weighted by Gasteiger charge is 2.07. The number of anilines is 1. The third-order valence-corrected chi connectivity index (χ3v) is 2.35. The highest BCUT2D eigenvalue weighted by atomic mass is 16.5. The van der Waals surface area contributed by atoms with Crippen LogP contribution in [0.5, 0.6) is 5.75 Å². The minimum atomic E-state index is 0.307. The molecular formula is C12H16N4O. The molecule has 0 radical (unpaired) electrons. The van der Waals surface area contributed by atoms with Crippen LogP contribution in [-0.4, -0.2) is 15.2 Å². The molecule has 0 saturated heterocycles. The second kappa shape index (κ2) is 4.86. The molecule has 0 spiro atoms. The fourth-order valence-electron chi connectivity index (χ4n) is 1.39. The van der Waals surface area contributed by atoms with Gasteiger partial charge in [0.15, 0.2) is 11.6 Å². The normalized spacial score (nSPS) is 10.8. The predicted octanol–water partition coefficient (Wildman–Crippen LogP) is 2.09. The summed E-state index contributed by atoms with van der Waals surface area (Å²) in [6, 6.07) is 7.38. The summed E-state index contributed by atoms with van der Waals surface area (Å²) in [6.45, 7) is 4.43. The fraction of sp³-hybridized carbons (Fsp3) is 0.333. The summed E-state index contributed by atoms with van der Waals surface area (Å²) in [6.07, 6.45) is 0. The van der Waals surface area contributed by atoms with Crippen LogP contribution in [0, 0.1) is 0 Å². The van der Waals surface area contributed by atoms with Gasteiger partial charge in [-0.25, -0.2) is 4.98 Å². The smallest absolute Gasteiger partial charge is 0.162 e. The number of nitrogens with zero attached hydrogens (tertiary/aromatic N) is 2. The summed E-state index contributed by atoms with van der Waals surface area (Å²) < 4.78 is 5.56. The lowest BCUT2D eigenvalue weighted by Crippen LogP contribution is -2.00. The first-order valence-electron chi connectivity index (χ1n) is 5.55. The van der Waals surface area contributed by atoms with Gasteiger partial charge in [0.05, 0.1) is 5.69 Å². The number of nitrogen functional groups attached to an aromatic ring is 1. The number of ether oxygens (including phenoxy) is 1. The van der Waals surface area contributed by atoms with Crippen LogP contribution in [-0.2, 0) is 6.61 Å². The summed E-state index contributed by atoms with van der Waals surface area (Å²) in [4.78, 5) is 4.32. The van der Waals surface area contributed by atoms with Gasteiger partial charge in [-0.3, -0.25) is 5.10 Å². The molecule has 17 heavy (non-hydrogen) atoms. The number of nitrogens with two attached hydrogens (primary N) is 1. The molecule has 1 heterocycles. The minimum absolute atomic E-state index is 0.307. The van der Waals surface area contributed by atoms with Crippen LogP contribution in [0.25, 0.3) is 0 Å². The van der Waals surface area contributed by atoms with Gasteiger partial charge in [-0.1, -0.05) is 26.0 Å². The van der Waals surface area contributed by atoms with Crippen molar-refractivity contribution in [3.8, 4) is 5.75 Å². The minimum Gasteiger partial charge on any atom is -0.483 e. The van der Waals surface area contributed by atoms with E-state index >= 15 is 0 Å². The molecular weight excluding hydrogens is 216 g/mol. The van der Waals surface area contributed by atoms with Gasteiger partial charge < -0.3 is 10.5 Å².